The molecule has 0 saturated carbocycles. The minimum Gasteiger partial charge on any atom is -0.462 e. The topological polar surface area (TPSA) is 149 Å². The minimum atomic E-state index is -4.62. The Hall–Kier alpha value is -1.29. The van der Waals surface area contributed by atoms with E-state index in [4.69, 9.17) is 19.1 Å². The van der Waals surface area contributed by atoms with E-state index in [9.17, 15) is 24.2 Å². The molecular formula is C38H73O10P. The Labute approximate surface area is 298 Å². The third-order valence-corrected chi connectivity index (χ3v) is 9.44. The van der Waals surface area contributed by atoms with Gasteiger partial charge >= 0.3 is 19.8 Å². The third kappa shape index (κ3) is 34.9. The molecule has 0 aliphatic rings. The summed E-state index contributed by atoms with van der Waals surface area (Å²) in [6.45, 7) is 2.30. The zero-order valence-electron chi connectivity index (χ0n) is 31.2. The van der Waals surface area contributed by atoms with Gasteiger partial charge in [-0.25, -0.2) is 9.36 Å². The number of phosphoric ester groups is 1. The zero-order chi connectivity index (χ0) is 36.3. The van der Waals surface area contributed by atoms with Crippen molar-refractivity contribution in [2.24, 2.45) is 0 Å². The van der Waals surface area contributed by atoms with Gasteiger partial charge in [-0.1, -0.05) is 161 Å². The van der Waals surface area contributed by atoms with Crippen molar-refractivity contribution in [1.82, 2.24) is 0 Å². The van der Waals surface area contributed by atoms with Gasteiger partial charge in [-0.2, -0.15) is 0 Å². The van der Waals surface area contributed by atoms with E-state index in [1.807, 2.05) is 0 Å². The minimum absolute atomic E-state index is 0.235. The third-order valence-electron chi connectivity index (χ3n) is 8.49. The van der Waals surface area contributed by atoms with E-state index in [1.165, 1.54) is 122 Å². The maximum atomic E-state index is 12.5. The molecule has 0 radical (unpaired) electrons. The fourth-order valence-corrected chi connectivity index (χ4v) is 6.21. The van der Waals surface area contributed by atoms with Crippen LogP contribution in [0.4, 0.5) is 0 Å². The van der Waals surface area contributed by atoms with E-state index < -0.39 is 51.8 Å². The first-order valence-electron chi connectivity index (χ1n) is 19.7. The van der Waals surface area contributed by atoms with E-state index in [0.29, 0.717) is 6.42 Å². The van der Waals surface area contributed by atoms with E-state index in [0.717, 1.165) is 38.5 Å². The number of unbranched alkanes of at least 4 members (excludes halogenated alkanes) is 23. The van der Waals surface area contributed by atoms with Crippen LogP contribution < -0.4 is 0 Å². The summed E-state index contributed by atoms with van der Waals surface area (Å²) in [7, 11) is -4.62. The molecule has 0 bridgehead atoms. The van der Waals surface area contributed by atoms with Crippen LogP contribution in [0.15, 0.2) is 12.2 Å². The highest BCUT2D eigenvalue weighted by molar-refractivity contribution is 7.47. The molecule has 3 N–H and O–H groups in total. The quantitative estimate of drug-likeness (QED) is 0.0245. The number of esters is 2. The molecule has 0 rings (SSSR count). The largest absolute Gasteiger partial charge is 0.472 e. The second kappa shape index (κ2) is 35.1. The summed E-state index contributed by atoms with van der Waals surface area (Å²) < 4.78 is 32.4. The van der Waals surface area contributed by atoms with Crippen LogP contribution in [0.25, 0.3) is 0 Å². The van der Waals surface area contributed by atoms with Gasteiger partial charge in [0.2, 0.25) is 0 Å². The Morgan fingerprint density at radius 3 is 1.53 bits per heavy atom. The fourth-order valence-electron chi connectivity index (χ4n) is 5.42. The van der Waals surface area contributed by atoms with E-state index >= 15 is 0 Å². The van der Waals surface area contributed by atoms with Gasteiger partial charge < -0.3 is 24.6 Å². The van der Waals surface area contributed by atoms with E-state index in [2.05, 4.69) is 18.4 Å². The number of allylic oxidation sites excluding steroid dienone is 1. The average Bonchev–Trinajstić information content (AvgIpc) is 3.09. The molecule has 0 aliphatic carbocycles. The summed E-state index contributed by atoms with van der Waals surface area (Å²) in [6, 6.07) is 0. The van der Waals surface area contributed by atoms with Crippen molar-refractivity contribution >= 4 is 19.8 Å². The number of ether oxygens (including phenoxy) is 2. The molecule has 0 amide bonds. The van der Waals surface area contributed by atoms with Crippen molar-refractivity contribution < 1.29 is 47.8 Å². The van der Waals surface area contributed by atoms with Crippen LogP contribution in [0.2, 0.25) is 0 Å². The summed E-state index contributed by atoms with van der Waals surface area (Å²) >= 11 is 0. The number of carbonyl (C=O) groups is 2. The van der Waals surface area contributed by atoms with Crippen LogP contribution >= 0.6 is 7.82 Å². The number of carbonyl (C=O) groups excluding carboxylic acids is 2. The Morgan fingerprint density at radius 2 is 1.06 bits per heavy atom. The lowest BCUT2D eigenvalue weighted by Gasteiger charge is -2.19. The molecule has 0 heterocycles. The van der Waals surface area contributed by atoms with Crippen molar-refractivity contribution in [3.8, 4) is 0 Å². The highest BCUT2D eigenvalue weighted by Gasteiger charge is 2.26. The molecule has 0 fully saturated rings. The molecule has 290 valence electrons. The van der Waals surface area contributed by atoms with Crippen LogP contribution in [0, 0.1) is 0 Å². The normalized spacial score (nSPS) is 14.1. The molecule has 0 aromatic rings. The number of rotatable bonds is 37. The molecular weight excluding hydrogens is 647 g/mol. The highest BCUT2D eigenvalue weighted by atomic mass is 31.2. The van der Waals surface area contributed by atoms with Crippen LogP contribution in [-0.4, -0.2) is 65.7 Å². The summed E-state index contributed by atoms with van der Waals surface area (Å²) in [5.74, 6) is -1.11. The molecule has 0 saturated heterocycles. The molecule has 49 heavy (non-hydrogen) atoms. The Kier molecular flexibility index (Phi) is 34.2. The standard InChI is InChI=1S/C38H73O10P/c1-3-5-7-9-11-13-15-17-19-21-23-25-27-29-37(41)45-33-36(34-47-49(43,44)46-32-35(40)31-39)48-38(42)30-28-26-24-22-20-18-16-14-12-10-8-6-4-2/h28,30,35-36,39-40H,3-27,29,31-34H2,1-2H3,(H,43,44)/b30-28+/t35?,36-/m1/s1. The predicted octanol–water partition coefficient (Wildman–Crippen LogP) is 9.67. The summed E-state index contributed by atoms with van der Waals surface area (Å²) in [5, 5.41) is 18.3. The number of hydrogen-bond donors (Lipinski definition) is 3. The Bertz CT molecular complexity index is 837. The molecule has 0 spiro atoms. The van der Waals surface area contributed by atoms with Gasteiger partial charge in [0.15, 0.2) is 6.10 Å². The molecule has 0 aromatic carbocycles. The average molecular weight is 721 g/mol. The van der Waals surface area contributed by atoms with E-state index in [-0.39, 0.29) is 13.0 Å². The maximum Gasteiger partial charge on any atom is 0.472 e. The monoisotopic (exact) mass is 720 g/mol. The van der Waals surface area contributed by atoms with Crippen molar-refractivity contribution in [3.63, 3.8) is 0 Å². The van der Waals surface area contributed by atoms with Gasteiger partial charge in [-0.05, 0) is 19.3 Å². The maximum absolute atomic E-state index is 12.5. The van der Waals surface area contributed by atoms with Crippen molar-refractivity contribution in [2.75, 3.05) is 26.4 Å². The molecule has 0 aromatic heterocycles. The lowest BCUT2D eigenvalue weighted by atomic mass is 10.0. The first-order valence-corrected chi connectivity index (χ1v) is 21.2. The van der Waals surface area contributed by atoms with Gasteiger partial charge in [-0.15, -0.1) is 0 Å². The van der Waals surface area contributed by atoms with Crippen molar-refractivity contribution in [2.45, 2.75) is 193 Å². The summed E-state index contributed by atoms with van der Waals surface area (Å²) in [6.07, 6.45) is 30.8. The lowest BCUT2D eigenvalue weighted by Crippen LogP contribution is -2.29. The number of aliphatic hydroxyl groups excluding tert-OH is 2. The molecule has 0 aliphatic heterocycles. The van der Waals surface area contributed by atoms with Gasteiger partial charge in [-0.3, -0.25) is 13.8 Å². The van der Waals surface area contributed by atoms with Crippen molar-refractivity contribution in [3.05, 3.63) is 12.2 Å². The lowest BCUT2D eigenvalue weighted by molar-refractivity contribution is -0.157. The first-order chi connectivity index (χ1) is 23.7. The van der Waals surface area contributed by atoms with Gasteiger partial charge in [0.05, 0.1) is 19.8 Å². The summed E-state index contributed by atoms with van der Waals surface area (Å²) in [4.78, 5) is 34.7. The zero-order valence-corrected chi connectivity index (χ0v) is 32.1. The fraction of sp³-hybridized carbons (Fsp3) is 0.895. The predicted molar refractivity (Wildman–Crippen MR) is 196 cm³/mol. The van der Waals surface area contributed by atoms with Gasteiger partial charge in [0.1, 0.15) is 12.7 Å². The van der Waals surface area contributed by atoms with E-state index in [1.54, 1.807) is 6.08 Å². The number of phosphoric acid groups is 1. The van der Waals surface area contributed by atoms with Crippen LogP contribution in [-0.2, 0) is 32.7 Å². The van der Waals surface area contributed by atoms with Crippen LogP contribution in [0.3, 0.4) is 0 Å². The second-order valence-corrected chi connectivity index (χ2v) is 14.8. The van der Waals surface area contributed by atoms with Gasteiger partial charge in [0, 0.05) is 12.5 Å². The smallest absolute Gasteiger partial charge is 0.462 e. The second-order valence-electron chi connectivity index (χ2n) is 13.4. The Balaban J connectivity index is 4.39. The Morgan fingerprint density at radius 1 is 0.633 bits per heavy atom. The first kappa shape index (κ1) is 47.7. The molecule has 3 atom stereocenters. The van der Waals surface area contributed by atoms with Crippen molar-refractivity contribution in [1.29, 1.82) is 0 Å². The highest BCUT2D eigenvalue weighted by Crippen LogP contribution is 2.43. The molecule has 2 unspecified atom stereocenters. The van der Waals surface area contributed by atoms with Crippen LogP contribution in [0.5, 0.6) is 0 Å². The molecule has 10 nitrogen and oxygen atoms in total. The number of aliphatic hydroxyl groups is 2. The number of hydrogen-bond acceptors (Lipinski definition) is 9. The summed E-state index contributed by atoms with van der Waals surface area (Å²) in [5.41, 5.74) is 0. The van der Waals surface area contributed by atoms with Gasteiger partial charge in [0.25, 0.3) is 0 Å². The molecule has 11 heteroatoms. The van der Waals surface area contributed by atoms with Crippen LogP contribution in [0.1, 0.15) is 181 Å². The SMILES string of the molecule is CCCCCCCCCCCCC/C=C/C(=O)O[C@H](COC(=O)CCCCCCCCCCCCCCC)COP(=O)(O)OCC(O)CO.